The third kappa shape index (κ3) is 2.54. The van der Waals surface area contributed by atoms with Crippen LogP contribution in [0.4, 0.5) is 20.2 Å². The number of anilines is 2. The van der Waals surface area contributed by atoms with Crippen molar-refractivity contribution in [2.75, 3.05) is 17.7 Å². The Bertz CT molecular complexity index is 753. The van der Waals surface area contributed by atoms with Gasteiger partial charge in [0.05, 0.1) is 16.9 Å². The zero-order valence-corrected chi connectivity index (χ0v) is 11.1. The average Bonchev–Trinajstić information content (AvgIpc) is 2.50. The minimum Gasteiger partial charge on any atom is -0.396 e. The van der Waals surface area contributed by atoms with Crippen molar-refractivity contribution in [1.29, 1.82) is 5.26 Å². The zero-order chi connectivity index (χ0) is 15.6. The van der Waals surface area contributed by atoms with E-state index in [4.69, 9.17) is 11.0 Å². The number of hydrogen-bond donors (Lipinski definition) is 1. The minimum atomic E-state index is -1.11. The molecule has 0 fully saturated rings. The lowest BCUT2D eigenvalue weighted by Gasteiger charge is -2.19. The Kier molecular flexibility index (Phi) is 3.85. The molecule has 0 aliphatic rings. The van der Waals surface area contributed by atoms with Gasteiger partial charge in [-0.05, 0) is 24.3 Å². The Balaban J connectivity index is 2.51. The van der Waals surface area contributed by atoms with Crippen molar-refractivity contribution < 1.29 is 13.6 Å². The van der Waals surface area contributed by atoms with Crippen molar-refractivity contribution in [3.63, 3.8) is 0 Å². The molecule has 2 N–H and O–H groups in total. The highest BCUT2D eigenvalue weighted by molar-refractivity contribution is 6.07. The van der Waals surface area contributed by atoms with Crippen LogP contribution in [0.1, 0.15) is 15.9 Å². The normalized spacial score (nSPS) is 10.0. The van der Waals surface area contributed by atoms with Crippen molar-refractivity contribution >= 4 is 17.3 Å². The molecule has 2 aromatic carbocycles. The van der Waals surface area contributed by atoms with Gasteiger partial charge in [-0.25, -0.2) is 8.78 Å². The Morgan fingerprint density at radius 1 is 1.24 bits per heavy atom. The van der Waals surface area contributed by atoms with E-state index in [9.17, 15) is 13.6 Å². The number of amides is 1. The molecule has 0 spiro atoms. The topological polar surface area (TPSA) is 70.1 Å². The molecule has 4 nitrogen and oxygen atoms in total. The lowest BCUT2D eigenvalue weighted by atomic mass is 10.1. The summed E-state index contributed by atoms with van der Waals surface area (Å²) in [7, 11) is 1.33. The summed E-state index contributed by atoms with van der Waals surface area (Å²) in [5.41, 5.74) is 4.77. The highest BCUT2D eigenvalue weighted by Gasteiger charge is 2.24. The van der Waals surface area contributed by atoms with Gasteiger partial charge in [0.25, 0.3) is 5.91 Å². The first-order valence-electron chi connectivity index (χ1n) is 5.98. The summed E-state index contributed by atoms with van der Waals surface area (Å²) >= 11 is 0. The second-order valence-corrected chi connectivity index (χ2v) is 4.32. The van der Waals surface area contributed by atoms with E-state index < -0.39 is 23.1 Å². The summed E-state index contributed by atoms with van der Waals surface area (Å²) in [6, 6.07) is 10.2. The van der Waals surface area contributed by atoms with E-state index in [1.165, 1.54) is 19.2 Å². The van der Waals surface area contributed by atoms with E-state index in [2.05, 4.69) is 0 Å². The number of nitrogens with two attached hydrogens (primary N) is 1. The first kappa shape index (κ1) is 14.5. The molecule has 106 valence electrons. The van der Waals surface area contributed by atoms with Crippen LogP contribution in [0.2, 0.25) is 0 Å². The van der Waals surface area contributed by atoms with Gasteiger partial charge >= 0.3 is 0 Å². The fourth-order valence-corrected chi connectivity index (χ4v) is 1.90. The molecule has 0 saturated heterocycles. The van der Waals surface area contributed by atoms with Crippen LogP contribution >= 0.6 is 0 Å². The maximum absolute atomic E-state index is 13.9. The largest absolute Gasteiger partial charge is 0.396 e. The molecule has 1 amide bonds. The number of hydrogen-bond acceptors (Lipinski definition) is 3. The quantitative estimate of drug-likeness (QED) is 0.863. The summed E-state index contributed by atoms with van der Waals surface area (Å²) in [6.45, 7) is 0. The predicted octanol–water partition coefficient (Wildman–Crippen LogP) is 2.70. The molecule has 6 heteroatoms. The van der Waals surface area contributed by atoms with Crippen LogP contribution in [0.15, 0.2) is 36.4 Å². The molecule has 0 aliphatic heterocycles. The smallest absolute Gasteiger partial charge is 0.264 e. The first-order chi connectivity index (χ1) is 9.97. The molecule has 0 unspecified atom stereocenters. The predicted molar refractivity (Wildman–Crippen MR) is 74.7 cm³/mol. The molecule has 0 saturated carbocycles. The van der Waals surface area contributed by atoms with Crippen molar-refractivity contribution in [2.45, 2.75) is 0 Å². The number of carbonyl (C=O) groups is 1. The van der Waals surface area contributed by atoms with Gasteiger partial charge in [-0.15, -0.1) is 0 Å². The highest BCUT2D eigenvalue weighted by Crippen LogP contribution is 2.24. The summed E-state index contributed by atoms with van der Waals surface area (Å²) < 4.78 is 27.6. The number of nitriles is 1. The Morgan fingerprint density at radius 2 is 1.90 bits per heavy atom. The monoisotopic (exact) mass is 287 g/mol. The third-order valence-corrected chi connectivity index (χ3v) is 3.03. The summed E-state index contributed by atoms with van der Waals surface area (Å²) in [4.78, 5) is 13.3. The molecule has 2 aromatic rings. The number of rotatable bonds is 2. The number of halogens is 2. The lowest BCUT2D eigenvalue weighted by Crippen LogP contribution is -2.29. The number of nitrogen functional groups attached to an aromatic ring is 1. The zero-order valence-electron chi connectivity index (χ0n) is 11.1. The van der Waals surface area contributed by atoms with Crippen molar-refractivity contribution in [2.24, 2.45) is 0 Å². The molecule has 0 heterocycles. The number of nitrogens with zero attached hydrogens (tertiary/aromatic N) is 2. The van der Waals surface area contributed by atoms with Gasteiger partial charge in [0.15, 0.2) is 5.82 Å². The van der Waals surface area contributed by atoms with Crippen LogP contribution in [-0.4, -0.2) is 13.0 Å². The minimum absolute atomic E-state index is 0.220. The van der Waals surface area contributed by atoms with Crippen molar-refractivity contribution in [3.05, 3.63) is 59.2 Å². The summed E-state index contributed by atoms with van der Waals surface area (Å²) in [5, 5.41) is 9.02. The van der Waals surface area contributed by atoms with E-state index in [1.807, 2.05) is 6.07 Å². The first-order valence-corrected chi connectivity index (χ1v) is 5.98. The molecule has 0 aliphatic carbocycles. The molecular formula is C15H11F2N3O. The van der Waals surface area contributed by atoms with Crippen LogP contribution in [-0.2, 0) is 0 Å². The third-order valence-electron chi connectivity index (χ3n) is 3.03. The standard InChI is InChI=1S/C15H11F2N3O/c1-20(12-5-3-2-4-9(12)8-18)15(21)13-10(16)6-7-11(19)14(13)17/h2-7H,19H2,1H3. The van der Waals surface area contributed by atoms with Crippen LogP contribution in [0, 0.1) is 23.0 Å². The fraction of sp³-hybridized carbons (Fsp3) is 0.0667. The van der Waals surface area contributed by atoms with E-state index in [0.29, 0.717) is 0 Å². The molecule has 2 rings (SSSR count). The van der Waals surface area contributed by atoms with Gasteiger partial charge in [0, 0.05) is 7.05 Å². The average molecular weight is 287 g/mol. The SMILES string of the molecule is CN(C(=O)c1c(F)ccc(N)c1F)c1ccccc1C#N. The lowest BCUT2D eigenvalue weighted by molar-refractivity contribution is 0.0985. The van der Waals surface area contributed by atoms with Crippen LogP contribution < -0.4 is 10.6 Å². The Labute approximate surface area is 120 Å². The van der Waals surface area contributed by atoms with Gasteiger partial charge in [-0.1, -0.05) is 12.1 Å². The van der Waals surface area contributed by atoms with E-state index in [-0.39, 0.29) is 16.9 Å². The van der Waals surface area contributed by atoms with Gasteiger partial charge in [-0.2, -0.15) is 5.26 Å². The maximum atomic E-state index is 13.9. The molecule has 0 atom stereocenters. The van der Waals surface area contributed by atoms with Gasteiger partial charge in [0.1, 0.15) is 17.4 Å². The van der Waals surface area contributed by atoms with Gasteiger partial charge in [0.2, 0.25) is 0 Å². The second kappa shape index (κ2) is 5.59. The molecule has 0 radical (unpaired) electrons. The molecule has 21 heavy (non-hydrogen) atoms. The van der Waals surface area contributed by atoms with Crippen LogP contribution in [0.25, 0.3) is 0 Å². The van der Waals surface area contributed by atoms with E-state index in [1.54, 1.807) is 12.1 Å². The van der Waals surface area contributed by atoms with Crippen LogP contribution in [0.3, 0.4) is 0 Å². The second-order valence-electron chi connectivity index (χ2n) is 4.32. The van der Waals surface area contributed by atoms with Gasteiger partial charge in [-0.3, -0.25) is 4.79 Å². The van der Waals surface area contributed by atoms with E-state index >= 15 is 0 Å². The van der Waals surface area contributed by atoms with Crippen molar-refractivity contribution in [3.8, 4) is 6.07 Å². The Hall–Kier alpha value is -2.94. The number of carbonyl (C=O) groups excluding carboxylic acids is 1. The van der Waals surface area contributed by atoms with Crippen LogP contribution in [0.5, 0.6) is 0 Å². The fourth-order valence-electron chi connectivity index (χ4n) is 1.90. The Morgan fingerprint density at radius 3 is 2.57 bits per heavy atom. The van der Waals surface area contributed by atoms with Gasteiger partial charge < -0.3 is 10.6 Å². The van der Waals surface area contributed by atoms with E-state index in [0.717, 1.165) is 17.0 Å². The molecule has 0 bridgehead atoms. The maximum Gasteiger partial charge on any atom is 0.264 e. The number of benzene rings is 2. The number of para-hydroxylation sites is 1. The molecule has 0 aromatic heterocycles. The summed E-state index contributed by atoms with van der Waals surface area (Å²) in [5.74, 6) is -3.03. The molecular weight excluding hydrogens is 276 g/mol. The van der Waals surface area contributed by atoms with Crippen molar-refractivity contribution in [1.82, 2.24) is 0 Å². The summed E-state index contributed by atoms with van der Waals surface area (Å²) in [6.07, 6.45) is 0. The highest BCUT2D eigenvalue weighted by atomic mass is 19.1.